The summed E-state index contributed by atoms with van der Waals surface area (Å²) in [5, 5.41) is 7.98. The Hall–Kier alpha value is -4.20. The van der Waals surface area contributed by atoms with E-state index in [9.17, 15) is 18.0 Å². The average Bonchev–Trinajstić information content (AvgIpc) is 3.54. The molecule has 5 aromatic rings. The van der Waals surface area contributed by atoms with Gasteiger partial charge in [0.2, 0.25) is 5.95 Å². The largest absolute Gasteiger partial charge is 0.324 e. The van der Waals surface area contributed by atoms with Gasteiger partial charge in [-0.1, -0.05) is 30.3 Å². The number of hydrogen-bond acceptors (Lipinski definition) is 9. The van der Waals surface area contributed by atoms with Gasteiger partial charge in [-0.2, -0.15) is 0 Å². The van der Waals surface area contributed by atoms with Gasteiger partial charge < -0.3 is 4.98 Å². The summed E-state index contributed by atoms with van der Waals surface area (Å²) in [6.07, 6.45) is 4.23. The molecule has 3 aromatic heterocycles. The van der Waals surface area contributed by atoms with Crippen molar-refractivity contribution in [3.8, 4) is 0 Å². The standard InChI is InChI=1S/C28H27N7O4S2/c1-41(38,39)13-5-11-35-12-10-20-23(16-35)40-28(31-20)34-25(36)19-8-4-9-21-24(19)32-27(30-21)33-26(37)22-14-17-6-2-3-7-18(17)15-29-22/h2-4,6-9,14-15H,5,10-13,16H2,1H3,(H,31,34,36)(H2,30,32,33,37). The number of aromatic nitrogens is 4. The van der Waals surface area contributed by atoms with Gasteiger partial charge in [0.05, 0.1) is 22.5 Å². The van der Waals surface area contributed by atoms with Crippen molar-refractivity contribution in [3.63, 3.8) is 0 Å². The molecule has 0 saturated heterocycles. The first-order valence-corrected chi connectivity index (χ1v) is 15.9. The van der Waals surface area contributed by atoms with Crippen LogP contribution in [0.2, 0.25) is 0 Å². The molecule has 0 saturated carbocycles. The fraction of sp³-hybridized carbons (Fsp3) is 0.250. The van der Waals surface area contributed by atoms with Crippen LogP contribution in [0.1, 0.15) is 37.8 Å². The van der Waals surface area contributed by atoms with Crippen molar-refractivity contribution in [1.82, 2.24) is 24.8 Å². The molecule has 210 valence electrons. The van der Waals surface area contributed by atoms with Crippen molar-refractivity contribution in [3.05, 3.63) is 76.6 Å². The van der Waals surface area contributed by atoms with E-state index in [0.29, 0.717) is 41.2 Å². The van der Waals surface area contributed by atoms with Gasteiger partial charge in [-0.05, 0) is 36.6 Å². The minimum absolute atomic E-state index is 0.171. The number of rotatable bonds is 8. The lowest BCUT2D eigenvalue weighted by molar-refractivity contribution is 0.101. The number of thiazole rings is 1. The Morgan fingerprint density at radius 3 is 2.71 bits per heavy atom. The first-order valence-electron chi connectivity index (χ1n) is 13.1. The number of hydrogen-bond donors (Lipinski definition) is 3. The lowest BCUT2D eigenvalue weighted by Gasteiger charge is -2.25. The zero-order chi connectivity index (χ0) is 28.6. The highest BCUT2D eigenvalue weighted by atomic mass is 32.2. The number of fused-ring (bicyclic) bond motifs is 3. The van der Waals surface area contributed by atoms with Crippen LogP contribution in [0, 0.1) is 0 Å². The number of amides is 2. The summed E-state index contributed by atoms with van der Waals surface area (Å²) in [6.45, 7) is 2.17. The molecule has 41 heavy (non-hydrogen) atoms. The Bertz CT molecular complexity index is 1900. The number of anilines is 2. The molecule has 6 rings (SSSR count). The number of para-hydroxylation sites is 1. The summed E-state index contributed by atoms with van der Waals surface area (Å²) in [5.41, 5.74) is 2.57. The maximum atomic E-state index is 13.3. The van der Waals surface area contributed by atoms with Gasteiger partial charge in [-0.3, -0.25) is 30.1 Å². The second kappa shape index (κ2) is 11.0. The van der Waals surface area contributed by atoms with Crippen molar-refractivity contribution >= 4 is 65.9 Å². The monoisotopic (exact) mass is 589 g/mol. The molecule has 0 atom stereocenters. The van der Waals surface area contributed by atoms with Gasteiger partial charge in [0.25, 0.3) is 11.8 Å². The highest BCUT2D eigenvalue weighted by molar-refractivity contribution is 7.90. The van der Waals surface area contributed by atoms with Crippen molar-refractivity contribution in [2.45, 2.75) is 19.4 Å². The number of carbonyl (C=O) groups is 2. The molecule has 0 bridgehead atoms. The van der Waals surface area contributed by atoms with E-state index in [4.69, 9.17) is 0 Å². The van der Waals surface area contributed by atoms with E-state index in [-0.39, 0.29) is 23.3 Å². The van der Waals surface area contributed by atoms with Gasteiger partial charge in [0.1, 0.15) is 21.0 Å². The molecular formula is C28H27N7O4S2. The Balaban J connectivity index is 1.14. The molecule has 0 radical (unpaired) electrons. The number of nitrogens with one attached hydrogen (secondary N) is 3. The molecule has 11 nitrogen and oxygen atoms in total. The lowest BCUT2D eigenvalue weighted by atomic mass is 10.1. The van der Waals surface area contributed by atoms with Crippen LogP contribution in [0.4, 0.5) is 11.1 Å². The Morgan fingerprint density at radius 1 is 1.05 bits per heavy atom. The number of benzene rings is 2. The van der Waals surface area contributed by atoms with Crippen molar-refractivity contribution in [1.29, 1.82) is 0 Å². The van der Waals surface area contributed by atoms with Crippen LogP contribution in [-0.4, -0.2) is 70.2 Å². The smallest absolute Gasteiger partial charge is 0.276 e. The van der Waals surface area contributed by atoms with E-state index in [2.05, 4.69) is 35.5 Å². The van der Waals surface area contributed by atoms with E-state index in [1.54, 1.807) is 30.5 Å². The predicted octanol–water partition coefficient (Wildman–Crippen LogP) is 3.87. The van der Waals surface area contributed by atoms with Gasteiger partial charge >= 0.3 is 0 Å². The Kier molecular flexibility index (Phi) is 7.24. The van der Waals surface area contributed by atoms with Crippen LogP contribution in [0.3, 0.4) is 0 Å². The number of carbonyl (C=O) groups excluding carboxylic acids is 2. The van der Waals surface area contributed by atoms with E-state index < -0.39 is 15.7 Å². The minimum Gasteiger partial charge on any atom is -0.324 e. The maximum absolute atomic E-state index is 13.3. The highest BCUT2D eigenvalue weighted by Crippen LogP contribution is 2.29. The topological polar surface area (TPSA) is 150 Å². The maximum Gasteiger partial charge on any atom is 0.276 e. The molecule has 2 amide bonds. The van der Waals surface area contributed by atoms with E-state index in [1.807, 2.05) is 24.3 Å². The zero-order valence-electron chi connectivity index (χ0n) is 22.2. The van der Waals surface area contributed by atoms with Crippen LogP contribution < -0.4 is 10.6 Å². The van der Waals surface area contributed by atoms with Gasteiger partial charge in [-0.25, -0.2) is 18.4 Å². The van der Waals surface area contributed by atoms with Crippen LogP contribution in [-0.2, 0) is 22.8 Å². The normalized spacial score (nSPS) is 13.8. The van der Waals surface area contributed by atoms with Crippen LogP contribution in [0.15, 0.2) is 54.7 Å². The third-order valence-electron chi connectivity index (χ3n) is 6.87. The van der Waals surface area contributed by atoms with E-state index in [1.165, 1.54) is 17.6 Å². The number of imidazole rings is 1. The molecule has 4 heterocycles. The van der Waals surface area contributed by atoms with Gasteiger partial charge in [0, 0.05) is 42.2 Å². The number of sulfone groups is 1. The Morgan fingerprint density at radius 2 is 1.88 bits per heavy atom. The summed E-state index contributed by atoms with van der Waals surface area (Å²) < 4.78 is 22.9. The second-order valence-corrected chi connectivity index (χ2v) is 13.4. The van der Waals surface area contributed by atoms with Gasteiger partial charge in [0.15, 0.2) is 5.13 Å². The first-order chi connectivity index (χ1) is 19.7. The summed E-state index contributed by atoms with van der Waals surface area (Å²) in [5.74, 6) is -0.391. The quantitative estimate of drug-likeness (QED) is 0.247. The number of aromatic amines is 1. The van der Waals surface area contributed by atoms with Crippen molar-refractivity contribution in [2.75, 3.05) is 35.7 Å². The summed E-state index contributed by atoms with van der Waals surface area (Å²) >= 11 is 1.42. The fourth-order valence-electron chi connectivity index (χ4n) is 4.86. The molecular weight excluding hydrogens is 562 g/mol. The Labute approximate surface area is 240 Å². The summed E-state index contributed by atoms with van der Waals surface area (Å²) in [7, 11) is -2.98. The van der Waals surface area contributed by atoms with Crippen LogP contribution in [0.5, 0.6) is 0 Å². The SMILES string of the molecule is CS(=O)(=O)CCCN1CCc2nc(NC(=O)c3cccc4[nH]c(NC(=O)c5cc6ccccc6cn5)nc34)sc2C1. The molecule has 0 fully saturated rings. The lowest BCUT2D eigenvalue weighted by Crippen LogP contribution is -2.31. The van der Waals surface area contributed by atoms with E-state index >= 15 is 0 Å². The molecule has 1 aliphatic rings. The average molecular weight is 590 g/mol. The van der Waals surface area contributed by atoms with Gasteiger partial charge in [-0.15, -0.1) is 11.3 Å². The number of H-pyrrole nitrogens is 1. The summed E-state index contributed by atoms with van der Waals surface area (Å²) in [6, 6.07) is 14.6. The molecule has 0 unspecified atom stereocenters. The number of pyridine rings is 1. The molecule has 2 aromatic carbocycles. The second-order valence-electron chi connectivity index (χ2n) is 10.0. The third kappa shape index (κ3) is 6.11. The highest BCUT2D eigenvalue weighted by Gasteiger charge is 2.23. The first kappa shape index (κ1) is 27.0. The van der Waals surface area contributed by atoms with E-state index in [0.717, 1.165) is 34.3 Å². The molecule has 3 N–H and O–H groups in total. The van der Waals surface area contributed by atoms with Crippen molar-refractivity contribution in [2.24, 2.45) is 0 Å². The van der Waals surface area contributed by atoms with Crippen LogP contribution in [0.25, 0.3) is 21.8 Å². The number of nitrogens with zero attached hydrogens (tertiary/aromatic N) is 4. The molecule has 13 heteroatoms. The van der Waals surface area contributed by atoms with Crippen LogP contribution >= 0.6 is 11.3 Å². The molecule has 1 aliphatic heterocycles. The van der Waals surface area contributed by atoms with Crippen molar-refractivity contribution < 1.29 is 18.0 Å². The predicted molar refractivity (Wildman–Crippen MR) is 159 cm³/mol. The zero-order valence-corrected chi connectivity index (χ0v) is 23.8. The minimum atomic E-state index is -2.98. The molecule has 0 aliphatic carbocycles. The third-order valence-corrected chi connectivity index (χ3v) is 8.90. The fourth-order valence-corrected chi connectivity index (χ4v) is 6.56. The molecule has 0 spiro atoms. The summed E-state index contributed by atoms with van der Waals surface area (Å²) in [4.78, 5) is 45.8.